The molecule has 0 saturated heterocycles. The lowest BCUT2D eigenvalue weighted by atomic mass is 9.97. The number of carbonyl (C=O) groups excluding carboxylic acids is 3. The number of esters is 1. The molecule has 0 aliphatic rings. The Morgan fingerprint density at radius 3 is 2.09 bits per heavy atom. The van der Waals surface area contributed by atoms with Gasteiger partial charge in [-0.3, -0.25) is 14.4 Å². The Labute approximate surface area is 189 Å². The fourth-order valence-corrected chi connectivity index (χ4v) is 3.01. The van der Waals surface area contributed by atoms with Crippen LogP contribution in [0, 0.1) is 0 Å². The number of hydrogen-bond acceptors (Lipinski definition) is 6. The first-order valence-electron chi connectivity index (χ1n) is 10.9. The van der Waals surface area contributed by atoms with Crippen molar-refractivity contribution < 1.29 is 28.6 Å². The molecule has 0 spiro atoms. The third-order valence-electron chi connectivity index (χ3n) is 4.55. The summed E-state index contributed by atoms with van der Waals surface area (Å²) in [6, 6.07) is 11.6. The summed E-state index contributed by atoms with van der Waals surface area (Å²) in [7, 11) is 1.50. The first-order chi connectivity index (χ1) is 15.4. The van der Waals surface area contributed by atoms with Crippen LogP contribution in [-0.4, -0.2) is 56.0 Å². The highest BCUT2D eigenvalue weighted by Gasteiger charge is 2.23. The molecule has 0 saturated carbocycles. The predicted molar refractivity (Wildman–Crippen MR) is 121 cm³/mol. The zero-order valence-corrected chi connectivity index (χ0v) is 19.2. The lowest BCUT2D eigenvalue weighted by Crippen LogP contribution is -2.34. The molecule has 0 atom stereocenters. The van der Waals surface area contributed by atoms with E-state index < -0.39 is 11.9 Å². The average molecular weight is 442 g/mol. The van der Waals surface area contributed by atoms with E-state index in [1.165, 1.54) is 11.9 Å². The Hall–Kier alpha value is -3.35. The molecule has 0 aliphatic carbocycles. The number of ketones is 1. The van der Waals surface area contributed by atoms with Gasteiger partial charge < -0.3 is 19.1 Å². The van der Waals surface area contributed by atoms with Gasteiger partial charge in [0, 0.05) is 18.2 Å². The number of hydrogen-bond donors (Lipinski definition) is 0. The van der Waals surface area contributed by atoms with Crippen LogP contribution in [-0.2, 0) is 9.53 Å². The van der Waals surface area contributed by atoms with Gasteiger partial charge in [0.1, 0.15) is 6.54 Å². The van der Waals surface area contributed by atoms with Crippen LogP contribution in [0.3, 0.4) is 0 Å². The van der Waals surface area contributed by atoms with Crippen molar-refractivity contribution in [2.75, 3.05) is 33.4 Å². The highest BCUT2D eigenvalue weighted by Crippen LogP contribution is 2.30. The van der Waals surface area contributed by atoms with Crippen LogP contribution < -0.4 is 9.47 Å². The minimum atomic E-state index is -0.507. The first kappa shape index (κ1) is 24.9. The van der Waals surface area contributed by atoms with Crippen molar-refractivity contribution in [1.29, 1.82) is 0 Å². The van der Waals surface area contributed by atoms with E-state index in [4.69, 9.17) is 14.2 Å². The van der Waals surface area contributed by atoms with Crippen LogP contribution in [0.1, 0.15) is 59.9 Å². The molecule has 7 heteroatoms. The molecular weight excluding hydrogens is 410 g/mol. The SMILES string of the molecule is CCCOc1ccc(C(=O)c2ccccc2C(=O)N(C)CC(=O)OCC)cc1OCCC. The highest BCUT2D eigenvalue weighted by atomic mass is 16.5. The van der Waals surface area contributed by atoms with Gasteiger partial charge in [-0.2, -0.15) is 0 Å². The summed E-state index contributed by atoms with van der Waals surface area (Å²) in [4.78, 5) is 39.2. The Morgan fingerprint density at radius 2 is 1.47 bits per heavy atom. The minimum Gasteiger partial charge on any atom is -0.490 e. The third-order valence-corrected chi connectivity index (χ3v) is 4.55. The van der Waals surface area contributed by atoms with Crippen LogP contribution >= 0.6 is 0 Å². The fraction of sp³-hybridized carbons (Fsp3) is 0.400. The lowest BCUT2D eigenvalue weighted by Gasteiger charge is -2.18. The van der Waals surface area contributed by atoms with Gasteiger partial charge in [0.25, 0.3) is 5.91 Å². The quantitative estimate of drug-likeness (QED) is 0.364. The maximum absolute atomic E-state index is 13.3. The molecule has 1 amide bonds. The van der Waals surface area contributed by atoms with E-state index in [-0.39, 0.29) is 30.1 Å². The van der Waals surface area contributed by atoms with E-state index >= 15 is 0 Å². The number of nitrogens with zero attached hydrogens (tertiary/aromatic N) is 1. The van der Waals surface area contributed by atoms with Gasteiger partial charge in [-0.1, -0.05) is 32.0 Å². The van der Waals surface area contributed by atoms with E-state index in [0.717, 1.165) is 12.8 Å². The Kier molecular flexibility index (Phi) is 9.73. The Bertz CT molecular complexity index is 940. The van der Waals surface area contributed by atoms with Crippen LogP contribution in [0.5, 0.6) is 11.5 Å². The van der Waals surface area contributed by atoms with Crippen molar-refractivity contribution in [1.82, 2.24) is 4.90 Å². The zero-order chi connectivity index (χ0) is 23.5. The van der Waals surface area contributed by atoms with Gasteiger partial charge in [-0.05, 0) is 44.0 Å². The topological polar surface area (TPSA) is 82.1 Å². The molecule has 0 aliphatic heterocycles. The highest BCUT2D eigenvalue weighted by molar-refractivity contribution is 6.15. The molecular formula is C25H31NO6. The molecule has 0 aromatic heterocycles. The average Bonchev–Trinajstić information content (AvgIpc) is 2.80. The van der Waals surface area contributed by atoms with Crippen molar-refractivity contribution in [2.24, 2.45) is 0 Å². The van der Waals surface area contributed by atoms with Crippen molar-refractivity contribution in [3.63, 3.8) is 0 Å². The lowest BCUT2D eigenvalue weighted by molar-refractivity contribution is -0.143. The van der Waals surface area contributed by atoms with Crippen molar-refractivity contribution >= 4 is 17.7 Å². The first-order valence-corrected chi connectivity index (χ1v) is 10.9. The van der Waals surface area contributed by atoms with Gasteiger partial charge in [0.2, 0.25) is 0 Å². The van der Waals surface area contributed by atoms with E-state index in [1.54, 1.807) is 49.4 Å². The predicted octanol–water partition coefficient (Wildman–Crippen LogP) is 4.13. The molecule has 32 heavy (non-hydrogen) atoms. The van der Waals surface area contributed by atoms with Gasteiger partial charge in [-0.15, -0.1) is 0 Å². The molecule has 2 aromatic carbocycles. The monoisotopic (exact) mass is 441 g/mol. The number of ether oxygens (including phenoxy) is 3. The maximum Gasteiger partial charge on any atom is 0.325 e. The summed E-state index contributed by atoms with van der Waals surface area (Å²) < 4.78 is 16.4. The Balaban J connectivity index is 2.33. The summed E-state index contributed by atoms with van der Waals surface area (Å²) in [6.07, 6.45) is 1.66. The van der Waals surface area contributed by atoms with Gasteiger partial charge in [-0.25, -0.2) is 0 Å². The van der Waals surface area contributed by atoms with Crippen molar-refractivity contribution in [2.45, 2.75) is 33.6 Å². The van der Waals surface area contributed by atoms with Crippen LogP contribution in [0.2, 0.25) is 0 Å². The summed E-state index contributed by atoms with van der Waals surface area (Å²) in [5.74, 6) is -0.188. The second-order valence-corrected chi connectivity index (χ2v) is 7.20. The largest absolute Gasteiger partial charge is 0.490 e. The molecule has 0 bridgehead atoms. The third kappa shape index (κ3) is 6.57. The molecule has 0 N–H and O–H groups in total. The standard InChI is InChI=1S/C25H31NO6/c1-5-14-31-21-13-12-18(16-22(21)32-15-6-2)24(28)19-10-8-9-11-20(19)25(29)26(4)17-23(27)30-7-3/h8-13,16H,5-7,14-15,17H2,1-4H3. The smallest absolute Gasteiger partial charge is 0.325 e. The fourth-order valence-electron chi connectivity index (χ4n) is 3.01. The van der Waals surface area contributed by atoms with Crippen molar-refractivity contribution in [3.05, 3.63) is 59.2 Å². The molecule has 7 nitrogen and oxygen atoms in total. The number of benzene rings is 2. The summed E-state index contributed by atoms with van der Waals surface area (Å²) >= 11 is 0. The number of rotatable bonds is 12. The molecule has 2 aromatic rings. The maximum atomic E-state index is 13.3. The molecule has 0 heterocycles. The minimum absolute atomic E-state index is 0.201. The zero-order valence-electron chi connectivity index (χ0n) is 19.2. The van der Waals surface area contributed by atoms with Crippen LogP contribution in [0.15, 0.2) is 42.5 Å². The molecule has 0 radical (unpaired) electrons. The van der Waals surface area contributed by atoms with Gasteiger partial charge in [0.15, 0.2) is 17.3 Å². The van der Waals surface area contributed by atoms with Crippen molar-refractivity contribution in [3.8, 4) is 11.5 Å². The van der Waals surface area contributed by atoms with E-state index in [0.29, 0.717) is 30.3 Å². The van der Waals surface area contributed by atoms with E-state index in [9.17, 15) is 14.4 Å². The second-order valence-electron chi connectivity index (χ2n) is 7.20. The van der Waals surface area contributed by atoms with Crippen LogP contribution in [0.25, 0.3) is 0 Å². The normalized spacial score (nSPS) is 10.4. The summed E-state index contributed by atoms with van der Waals surface area (Å²) in [5, 5.41) is 0. The van der Waals surface area contributed by atoms with Gasteiger partial charge in [0.05, 0.1) is 25.4 Å². The molecule has 2 rings (SSSR count). The Morgan fingerprint density at radius 1 is 0.844 bits per heavy atom. The summed E-state index contributed by atoms with van der Waals surface area (Å²) in [6.45, 7) is 6.77. The number of amides is 1. The summed E-state index contributed by atoms with van der Waals surface area (Å²) in [5.41, 5.74) is 0.844. The second kappa shape index (κ2) is 12.5. The molecule has 0 unspecified atom stereocenters. The van der Waals surface area contributed by atoms with E-state index in [1.807, 2.05) is 13.8 Å². The van der Waals surface area contributed by atoms with Gasteiger partial charge >= 0.3 is 5.97 Å². The number of carbonyl (C=O) groups is 3. The van der Waals surface area contributed by atoms with E-state index in [2.05, 4.69) is 0 Å². The molecule has 0 fully saturated rings. The van der Waals surface area contributed by atoms with Crippen LogP contribution in [0.4, 0.5) is 0 Å². The number of likely N-dealkylation sites (N-methyl/N-ethyl adjacent to an activating group) is 1. The molecule has 172 valence electrons.